The maximum atomic E-state index is 6.19. The Morgan fingerprint density at radius 3 is 3.00 bits per heavy atom. The van der Waals surface area contributed by atoms with Gasteiger partial charge in [-0.3, -0.25) is 0 Å². The van der Waals surface area contributed by atoms with Crippen molar-refractivity contribution in [1.29, 1.82) is 0 Å². The van der Waals surface area contributed by atoms with Gasteiger partial charge in [-0.15, -0.1) is 5.10 Å². The first-order valence-corrected chi connectivity index (χ1v) is 6.67. The van der Waals surface area contributed by atoms with E-state index in [0.717, 1.165) is 34.0 Å². The molecule has 2 aromatic rings. The van der Waals surface area contributed by atoms with Crippen LogP contribution >= 0.6 is 23.1 Å². The van der Waals surface area contributed by atoms with E-state index in [4.69, 9.17) is 17.3 Å². The fraction of sp³-hybridized carbons (Fsp3) is 0.333. The zero-order valence-electron chi connectivity index (χ0n) is 9.56. The predicted molar refractivity (Wildman–Crippen MR) is 71.4 cm³/mol. The van der Waals surface area contributed by atoms with Gasteiger partial charge in [-0.2, -0.15) is 0 Å². The van der Waals surface area contributed by atoms with E-state index in [2.05, 4.69) is 16.5 Å². The molecule has 0 radical (unpaired) electrons. The highest BCUT2D eigenvalue weighted by atomic mass is 35.5. The number of nitrogens with two attached hydrogens (primary N) is 1. The molecule has 1 atom stereocenters. The van der Waals surface area contributed by atoms with Gasteiger partial charge in [-0.05, 0) is 42.1 Å². The van der Waals surface area contributed by atoms with Gasteiger partial charge in [-0.25, -0.2) is 0 Å². The third-order valence-electron chi connectivity index (χ3n) is 2.60. The molecule has 0 fully saturated rings. The lowest BCUT2D eigenvalue weighted by Crippen LogP contribution is -2.13. The van der Waals surface area contributed by atoms with Crippen LogP contribution in [0, 0.1) is 0 Å². The molecule has 0 saturated carbocycles. The maximum absolute atomic E-state index is 6.19. The lowest BCUT2D eigenvalue weighted by Gasteiger charge is -2.10. The van der Waals surface area contributed by atoms with Crippen LogP contribution in [0.5, 0.6) is 0 Å². The predicted octanol–water partition coefficient (Wildman–Crippen LogP) is 3.00. The summed E-state index contributed by atoms with van der Waals surface area (Å²) in [5.74, 6) is 0. The summed E-state index contributed by atoms with van der Waals surface area (Å²) in [6.45, 7) is 2.06. The molecule has 2 N–H and O–H groups in total. The SMILES string of the molecule is CCc1nnsc1C(N)Cc1cccc(Cl)c1. The van der Waals surface area contributed by atoms with Crippen molar-refractivity contribution >= 4 is 23.1 Å². The van der Waals surface area contributed by atoms with Crippen LogP contribution in [0.25, 0.3) is 0 Å². The van der Waals surface area contributed by atoms with Gasteiger partial charge in [-0.1, -0.05) is 35.1 Å². The summed E-state index contributed by atoms with van der Waals surface area (Å²) >= 11 is 7.34. The standard InChI is InChI=1S/C12H14ClN3S/c1-2-11-12(17-16-15-11)10(14)7-8-4-3-5-9(13)6-8/h3-6,10H,2,7,14H2,1H3. The van der Waals surface area contributed by atoms with Crippen molar-refractivity contribution in [3.05, 3.63) is 45.4 Å². The average Bonchev–Trinajstić information content (AvgIpc) is 2.77. The Labute approximate surface area is 110 Å². The monoisotopic (exact) mass is 267 g/mol. The largest absolute Gasteiger partial charge is 0.323 e. The van der Waals surface area contributed by atoms with Gasteiger partial charge >= 0.3 is 0 Å². The highest BCUT2D eigenvalue weighted by Crippen LogP contribution is 2.23. The Bertz CT molecular complexity index is 498. The third-order valence-corrected chi connectivity index (χ3v) is 3.73. The van der Waals surface area contributed by atoms with Crippen molar-refractivity contribution in [1.82, 2.24) is 9.59 Å². The van der Waals surface area contributed by atoms with Gasteiger partial charge in [0.15, 0.2) is 0 Å². The van der Waals surface area contributed by atoms with Crippen LogP contribution in [0.3, 0.4) is 0 Å². The quantitative estimate of drug-likeness (QED) is 0.927. The topological polar surface area (TPSA) is 51.8 Å². The van der Waals surface area contributed by atoms with Gasteiger partial charge in [0.05, 0.1) is 10.6 Å². The van der Waals surface area contributed by atoms with Crippen molar-refractivity contribution in [2.45, 2.75) is 25.8 Å². The van der Waals surface area contributed by atoms with Crippen molar-refractivity contribution in [2.24, 2.45) is 5.73 Å². The first-order chi connectivity index (χ1) is 8.20. The Morgan fingerprint density at radius 2 is 2.29 bits per heavy atom. The van der Waals surface area contributed by atoms with E-state index in [1.807, 2.05) is 24.3 Å². The molecular formula is C12H14ClN3S. The molecule has 0 aliphatic heterocycles. The molecule has 0 aliphatic carbocycles. The third kappa shape index (κ3) is 3.03. The van der Waals surface area contributed by atoms with E-state index < -0.39 is 0 Å². The molecule has 0 bridgehead atoms. The highest BCUT2D eigenvalue weighted by Gasteiger charge is 2.15. The number of hydrogen-bond acceptors (Lipinski definition) is 4. The summed E-state index contributed by atoms with van der Waals surface area (Å²) in [6.07, 6.45) is 1.63. The average molecular weight is 268 g/mol. The van der Waals surface area contributed by atoms with Gasteiger partial charge < -0.3 is 5.73 Å². The molecule has 1 aromatic carbocycles. The van der Waals surface area contributed by atoms with Crippen LogP contribution in [0.1, 0.15) is 29.1 Å². The van der Waals surface area contributed by atoms with Gasteiger partial charge in [0.2, 0.25) is 0 Å². The normalized spacial score (nSPS) is 12.6. The van der Waals surface area contributed by atoms with E-state index in [0.29, 0.717) is 0 Å². The van der Waals surface area contributed by atoms with Gasteiger partial charge in [0.25, 0.3) is 0 Å². The molecule has 0 spiro atoms. The van der Waals surface area contributed by atoms with Crippen LogP contribution in [-0.4, -0.2) is 9.59 Å². The first kappa shape index (κ1) is 12.5. The second-order valence-corrected chi connectivity index (χ2v) is 5.10. The van der Waals surface area contributed by atoms with Gasteiger partial charge in [0, 0.05) is 11.1 Å². The van der Waals surface area contributed by atoms with Gasteiger partial charge in [0.1, 0.15) is 0 Å². The fourth-order valence-corrected chi connectivity index (χ4v) is 2.70. The molecule has 0 aliphatic rings. The molecule has 2 rings (SSSR count). The summed E-state index contributed by atoms with van der Waals surface area (Å²) < 4.78 is 3.96. The first-order valence-electron chi connectivity index (χ1n) is 5.52. The number of halogens is 1. The summed E-state index contributed by atoms with van der Waals surface area (Å²) in [7, 11) is 0. The molecule has 1 aromatic heterocycles. The van der Waals surface area contributed by atoms with Crippen LogP contribution < -0.4 is 5.73 Å². The van der Waals surface area contributed by atoms with Crippen molar-refractivity contribution in [2.75, 3.05) is 0 Å². The molecule has 1 unspecified atom stereocenters. The minimum Gasteiger partial charge on any atom is -0.323 e. The summed E-state index contributed by atoms with van der Waals surface area (Å²) in [5, 5.41) is 4.82. The van der Waals surface area contributed by atoms with Crippen LogP contribution in [-0.2, 0) is 12.8 Å². The lowest BCUT2D eigenvalue weighted by atomic mass is 10.0. The van der Waals surface area contributed by atoms with Crippen LogP contribution in [0.2, 0.25) is 5.02 Å². The van der Waals surface area contributed by atoms with Crippen LogP contribution in [0.4, 0.5) is 0 Å². The molecule has 17 heavy (non-hydrogen) atoms. The van der Waals surface area contributed by atoms with Crippen LogP contribution in [0.15, 0.2) is 24.3 Å². The molecule has 0 saturated heterocycles. The fourth-order valence-electron chi connectivity index (χ4n) is 1.75. The second kappa shape index (κ2) is 5.58. The van der Waals surface area contributed by atoms with E-state index in [-0.39, 0.29) is 6.04 Å². The van der Waals surface area contributed by atoms with E-state index >= 15 is 0 Å². The number of rotatable bonds is 4. The zero-order valence-corrected chi connectivity index (χ0v) is 11.1. The molecule has 1 heterocycles. The van der Waals surface area contributed by atoms with E-state index in [1.165, 1.54) is 11.5 Å². The molecule has 5 heteroatoms. The molecule has 0 amide bonds. The Hall–Kier alpha value is -0.970. The number of aromatic nitrogens is 2. The Balaban J connectivity index is 2.14. The number of benzene rings is 1. The van der Waals surface area contributed by atoms with E-state index in [9.17, 15) is 0 Å². The minimum absolute atomic E-state index is 0.0524. The van der Waals surface area contributed by atoms with E-state index in [1.54, 1.807) is 0 Å². The lowest BCUT2D eigenvalue weighted by molar-refractivity contribution is 0.722. The Morgan fingerprint density at radius 1 is 1.47 bits per heavy atom. The zero-order chi connectivity index (χ0) is 12.3. The summed E-state index contributed by atoms with van der Waals surface area (Å²) in [4.78, 5) is 1.08. The van der Waals surface area contributed by atoms with Crippen molar-refractivity contribution in [3.63, 3.8) is 0 Å². The minimum atomic E-state index is -0.0524. The number of hydrogen-bond donors (Lipinski definition) is 1. The molecule has 3 nitrogen and oxygen atoms in total. The number of nitrogens with zero attached hydrogens (tertiary/aromatic N) is 2. The number of aryl methyl sites for hydroxylation is 1. The summed E-state index contributed by atoms with van der Waals surface area (Å²) in [5.41, 5.74) is 8.33. The molecular weight excluding hydrogens is 254 g/mol. The second-order valence-electron chi connectivity index (χ2n) is 3.88. The smallest absolute Gasteiger partial charge is 0.0801 e. The maximum Gasteiger partial charge on any atom is 0.0801 e. The Kier molecular flexibility index (Phi) is 4.10. The van der Waals surface area contributed by atoms with Crippen molar-refractivity contribution < 1.29 is 0 Å². The van der Waals surface area contributed by atoms with Crippen molar-refractivity contribution in [3.8, 4) is 0 Å². The highest BCUT2D eigenvalue weighted by molar-refractivity contribution is 7.05. The summed E-state index contributed by atoms with van der Waals surface area (Å²) in [6, 6.07) is 7.73. The molecule has 90 valence electrons.